The molecular weight excluding hydrogens is 278 g/mol. The molecule has 6 heteroatoms. The Morgan fingerprint density at radius 3 is 3.05 bits per heavy atom. The fraction of sp³-hybridized carbons (Fsp3) is 0.308. The molecule has 0 saturated carbocycles. The number of rotatable bonds is 2. The lowest BCUT2D eigenvalue weighted by Crippen LogP contribution is -2.41. The van der Waals surface area contributed by atoms with Gasteiger partial charge in [0.15, 0.2) is 11.2 Å². The maximum Gasteiger partial charge on any atom is 0.170 e. The molecule has 1 unspecified atom stereocenters. The van der Waals surface area contributed by atoms with E-state index in [2.05, 4.69) is 21.8 Å². The molecule has 4 nitrogen and oxygen atoms in total. The van der Waals surface area contributed by atoms with Gasteiger partial charge in [0.05, 0.1) is 16.6 Å². The van der Waals surface area contributed by atoms with E-state index < -0.39 is 11.2 Å². The Morgan fingerprint density at radius 1 is 1.42 bits per heavy atom. The molecule has 1 aliphatic heterocycles. The third-order valence-corrected chi connectivity index (χ3v) is 5.60. The van der Waals surface area contributed by atoms with Crippen LogP contribution in [0.15, 0.2) is 36.5 Å². The lowest BCUT2D eigenvalue weighted by Gasteiger charge is -2.28. The quantitative estimate of drug-likeness (QED) is 0.924. The van der Waals surface area contributed by atoms with Gasteiger partial charge in [0, 0.05) is 24.7 Å². The topological polar surface area (TPSA) is 45.2 Å². The van der Waals surface area contributed by atoms with Crippen molar-refractivity contribution in [2.24, 2.45) is 0 Å². The maximum absolute atomic E-state index is 11.8. The summed E-state index contributed by atoms with van der Waals surface area (Å²) in [5, 5.41) is 0. The minimum atomic E-state index is -1.08. The summed E-state index contributed by atoms with van der Waals surface area (Å²) in [5.41, 5.74) is 0.993. The molecule has 1 N–H and O–H groups in total. The molecule has 2 aromatic rings. The molecule has 3 heterocycles. The number of thiophene rings is 1. The molecule has 0 bridgehead atoms. The van der Waals surface area contributed by atoms with Crippen molar-refractivity contribution in [3.05, 3.63) is 41.4 Å². The molecule has 0 radical (unpaired) electrons. The normalized spacial score (nSPS) is 24.5. The van der Waals surface area contributed by atoms with E-state index in [0.717, 1.165) is 23.5 Å². The minimum absolute atomic E-state index is 0.180. The van der Waals surface area contributed by atoms with E-state index in [0.29, 0.717) is 0 Å². The van der Waals surface area contributed by atoms with E-state index in [1.165, 1.54) is 4.88 Å². The van der Waals surface area contributed by atoms with E-state index in [1.54, 1.807) is 17.5 Å². The molecule has 0 aliphatic carbocycles. The zero-order chi connectivity index (χ0) is 13.2. The molecule has 0 amide bonds. The zero-order valence-corrected chi connectivity index (χ0v) is 12.2. The molecule has 0 aromatic carbocycles. The second kappa shape index (κ2) is 5.50. The molecule has 1 aliphatic rings. The first-order chi connectivity index (χ1) is 9.24. The van der Waals surface area contributed by atoms with Gasteiger partial charge in [0.2, 0.25) is 0 Å². The van der Waals surface area contributed by atoms with Crippen LogP contribution in [0.5, 0.6) is 0 Å². The van der Waals surface area contributed by atoms with Crippen molar-refractivity contribution in [2.45, 2.75) is 12.5 Å². The Kier molecular flexibility index (Phi) is 3.74. The predicted octanol–water partition coefficient (Wildman–Crippen LogP) is 2.35. The molecular formula is C13H15N3OS2. The smallest absolute Gasteiger partial charge is 0.170 e. The van der Waals surface area contributed by atoms with Gasteiger partial charge in [-0.05, 0) is 30.7 Å². The first-order valence-electron chi connectivity index (χ1n) is 6.14. The first-order valence-corrected chi connectivity index (χ1v) is 8.07. The van der Waals surface area contributed by atoms with E-state index in [9.17, 15) is 4.21 Å². The molecule has 2 atom stereocenters. The summed E-state index contributed by atoms with van der Waals surface area (Å²) in [7, 11) is 1.87. The fourth-order valence-corrected chi connectivity index (χ4v) is 4.14. The minimum Gasteiger partial charge on any atom is -0.255 e. The summed E-state index contributed by atoms with van der Waals surface area (Å²) in [4.78, 5) is 6.74. The molecule has 1 saturated heterocycles. The van der Waals surface area contributed by atoms with Gasteiger partial charge in [-0.25, -0.2) is 13.2 Å². The number of nitrogens with one attached hydrogen (secondary N) is 1. The summed E-state index contributed by atoms with van der Waals surface area (Å²) in [6.45, 7) is 0.848. The summed E-state index contributed by atoms with van der Waals surface area (Å²) in [6.07, 6.45) is 2.78. The van der Waals surface area contributed by atoms with Crippen molar-refractivity contribution in [1.82, 2.24) is 14.0 Å². The third kappa shape index (κ3) is 2.76. The summed E-state index contributed by atoms with van der Waals surface area (Å²) >= 11 is 0.641. The van der Waals surface area contributed by atoms with E-state index in [1.807, 2.05) is 29.6 Å². The lowest BCUT2D eigenvalue weighted by molar-refractivity contribution is 0.421. The van der Waals surface area contributed by atoms with Crippen molar-refractivity contribution in [3.63, 3.8) is 0 Å². The molecule has 2 aromatic heterocycles. The predicted molar refractivity (Wildman–Crippen MR) is 78.8 cm³/mol. The van der Waals surface area contributed by atoms with Crippen molar-refractivity contribution < 1.29 is 4.21 Å². The van der Waals surface area contributed by atoms with Crippen LogP contribution >= 0.6 is 11.3 Å². The molecule has 1 fully saturated rings. The van der Waals surface area contributed by atoms with Gasteiger partial charge in [-0.2, -0.15) is 0 Å². The highest BCUT2D eigenvalue weighted by molar-refractivity contribution is 7.80. The summed E-state index contributed by atoms with van der Waals surface area (Å²) in [6, 6.07) is 10.3. The monoisotopic (exact) mass is 293 g/mol. The number of hydrogen-bond acceptors (Lipinski definition) is 3. The Hall–Kier alpha value is -1.08. The van der Waals surface area contributed by atoms with Crippen molar-refractivity contribution in [1.29, 1.82) is 0 Å². The van der Waals surface area contributed by atoms with Gasteiger partial charge < -0.3 is 0 Å². The number of aromatic nitrogens is 1. The van der Waals surface area contributed by atoms with Crippen LogP contribution in [0.3, 0.4) is 0 Å². The van der Waals surface area contributed by atoms with Gasteiger partial charge >= 0.3 is 0 Å². The summed E-state index contributed by atoms with van der Waals surface area (Å²) in [5.74, 6) is 0. The molecule has 3 rings (SSSR count). The van der Waals surface area contributed by atoms with Crippen molar-refractivity contribution in [2.75, 3.05) is 13.6 Å². The highest BCUT2D eigenvalue weighted by atomic mass is 32.2. The van der Waals surface area contributed by atoms with Crippen LogP contribution in [-0.4, -0.2) is 27.1 Å². The van der Waals surface area contributed by atoms with Gasteiger partial charge in [0.25, 0.3) is 0 Å². The average Bonchev–Trinajstić information content (AvgIpc) is 2.93. The van der Waals surface area contributed by atoms with Crippen LogP contribution in [0.25, 0.3) is 10.6 Å². The second-order valence-electron chi connectivity index (χ2n) is 4.48. The largest absolute Gasteiger partial charge is 0.255 e. The Balaban J connectivity index is 1.80. The Bertz CT molecular complexity index is 585. The second-order valence-corrected chi connectivity index (χ2v) is 6.95. The van der Waals surface area contributed by atoms with Crippen LogP contribution in [0.2, 0.25) is 0 Å². The fourth-order valence-electron chi connectivity index (χ4n) is 2.05. The number of nitrogens with zero attached hydrogens (tertiary/aromatic N) is 2. The van der Waals surface area contributed by atoms with Crippen LogP contribution in [0, 0.1) is 0 Å². The van der Waals surface area contributed by atoms with E-state index in [4.69, 9.17) is 0 Å². The van der Waals surface area contributed by atoms with E-state index in [-0.39, 0.29) is 6.04 Å². The SMILES string of the molecule is CN1CC[C@@H](c2ccc(-c3ccccn3)s2)NS1=O. The van der Waals surface area contributed by atoms with Gasteiger partial charge in [-0.1, -0.05) is 6.07 Å². The van der Waals surface area contributed by atoms with Crippen molar-refractivity contribution >= 4 is 22.5 Å². The maximum atomic E-state index is 11.8. The third-order valence-electron chi connectivity index (χ3n) is 3.15. The number of pyridine rings is 1. The molecule has 0 spiro atoms. The van der Waals surface area contributed by atoms with Crippen molar-refractivity contribution in [3.8, 4) is 10.6 Å². The van der Waals surface area contributed by atoms with Crippen LogP contribution in [0.4, 0.5) is 0 Å². The highest BCUT2D eigenvalue weighted by Gasteiger charge is 2.24. The summed E-state index contributed by atoms with van der Waals surface area (Å²) < 4.78 is 16.7. The van der Waals surface area contributed by atoms with Gasteiger partial charge in [-0.15, -0.1) is 11.3 Å². The Morgan fingerprint density at radius 2 is 2.32 bits per heavy atom. The molecule has 19 heavy (non-hydrogen) atoms. The molecule has 100 valence electrons. The van der Waals surface area contributed by atoms with Gasteiger partial charge in [-0.3, -0.25) is 4.98 Å². The van der Waals surface area contributed by atoms with E-state index >= 15 is 0 Å². The first kappa shape index (κ1) is 12.9. The highest BCUT2D eigenvalue weighted by Crippen LogP contribution is 2.32. The van der Waals surface area contributed by atoms with Crippen LogP contribution < -0.4 is 4.72 Å². The number of hydrogen-bond donors (Lipinski definition) is 1. The Labute approximate surface area is 119 Å². The average molecular weight is 293 g/mol. The van der Waals surface area contributed by atoms with Crippen LogP contribution in [0.1, 0.15) is 17.3 Å². The standard InChI is InChI=1S/C13H15N3OS2/c1-16-9-7-11(15-19(16)17)13-6-5-12(18-13)10-4-2-3-8-14-10/h2-6,8,11,15H,7,9H2,1H3/t11-,19?/m0/s1. The van der Waals surface area contributed by atoms with Crippen LogP contribution in [-0.2, 0) is 11.2 Å². The lowest BCUT2D eigenvalue weighted by atomic mass is 10.2. The zero-order valence-electron chi connectivity index (χ0n) is 10.6. The van der Waals surface area contributed by atoms with Gasteiger partial charge in [0.1, 0.15) is 0 Å².